The molecule has 4 atom stereocenters. The van der Waals surface area contributed by atoms with Crippen LogP contribution in [0.3, 0.4) is 0 Å². The molecule has 1 saturated carbocycles. The lowest BCUT2D eigenvalue weighted by atomic mass is 9.82. The van der Waals surface area contributed by atoms with Crippen LogP contribution in [0.4, 0.5) is 0 Å². The third-order valence-corrected chi connectivity index (χ3v) is 11.1. The summed E-state index contributed by atoms with van der Waals surface area (Å²) in [7, 11) is -3.76. The number of imidazole rings is 1. The van der Waals surface area contributed by atoms with Crippen molar-refractivity contribution in [2.24, 2.45) is 5.92 Å². The molecule has 0 saturated heterocycles. The van der Waals surface area contributed by atoms with E-state index in [9.17, 15) is 28.2 Å². The van der Waals surface area contributed by atoms with E-state index >= 15 is 0 Å². The van der Waals surface area contributed by atoms with Gasteiger partial charge in [-0.25, -0.2) is 13.4 Å². The quantitative estimate of drug-likeness (QED) is 0.163. The summed E-state index contributed by atoms with van der Waals surface area (Å²) in [6, 6.07) is 10.0. The minimum atomic E-state index is -3.76. The summed E-state index contributed by atoms with van der Waals surface area (Å²) >= 11 is 0. The molecule has 4 rings (SSSR count). The summed E-state index contributed by atoms with van der Waals surface area (Å²) in [4.78, 5) is 34.8. The van der Waals surface area contributed by atoms with Crippen molar-refractivity contribution in [1.29, 1.82) is 0 Å². The monoisotopic (exact) mass is 654 g/mol. The van der Waals surface area contributed by atoms with Gasteiger partial charge in [0.2, 0.25) is 11.8 Å². The van der Waals surface area contributed by atoms with Crippen molar-refractivity contribution in [3.63, 3.8) is 0 Å². The van der Waals surface area contributed by atoms with Crippen LogP contribution >= 0.6 is 0 Å². The Hall–Kier alpha value is -3.74. The fourth-order valence-corrected chi connectivity index (χ4v) is 6.67. The Morgan fingerprint density at radius 2 is 1.78 bits per heavy atom. The van der Waals surface area contributed by atoms with Crippen molar-refractivity contribution < 1.29 is 32.6 Å². The van der Waals surface area contributed by atoms with E-state index in [-0.39, 0.29) is 23.7 Å². The van der Waals surface area contributed by atoms with E-state index in [2.05, 4.69) is 20.6 Å². The maximum atomic E-state index is 14.0. The Kier molecular flexibility index (Phi) is 12.0. The number of rotatable bonds is 14. The first kappa shape index (κ1) is 35.1. The molecule has 5 N–H and O–H groups in total. The number of furan rings is 1. The predicted octanol–water partition coefficient (Wildman–Crippen LogP) is 3.88. The number of nitrogens with zero attached hydrogens (tertiary/aromatic N) is 1. The van der Waals surface area contributed by atoms with E-state index in [0.717, 1.165) is 32.1 Å². The minimum absolute atomic E-state index is 0.0180. The van der Waals surface area contributed by atoms with E-state index in [1.807, 2.05) is 6.07 Å². The maximum Gasteiger partial charge on any atom is 0.248 e. The van der Waals surface area contributed by atoms with E-state index in [1.54, 1.807) is 57.2 Å². The topological polar surface area (TPSA) is 175 Å². The molecular weight excluding hydrogens is 608 g/mol. The molecule has 11 nitrogen and oxygen atoms in total. The van der Waals surface area contributed by atoms with Gasteiger partial charge in [-0.1, -0.05) is 62.4 Å². The van der Waals surface area contributed by atoms with Gasteiger partial charge in [-0.3, -0.25) is 9.59 Å². The molecule has 2 amide bonds. The number of hydrogen-bond acceptors (Lipinski definition) is 8. The number of aliphatic hydroxyl groups is 2. The molecule has 1 aliphatic carbocycles. The Morgan fingerprint density at radius 3 is 2.39 bits per heavy atom. The van der Waals surface area contributed by atoms with E-state index < -0.39 is 56.4 Å². The van der Waals surface area contributed by atoms with Crippen LogP contribution in [0, 0.1) is 5.92 Å². The van der Waals surface area contributed by atoms with Crippen LogP contribution in [0.15, 0.2) is 71.2 Å². The fraction of sp³-hybridized carbons (Fsp3) is 0.500. The molecule has 12 heteroatoms. The van der Waals surface area contributed by atoms with Crippen LogP contribution in [-0.4, -0.2) is 69.1 Å². The molecular formula is C34H46N4O7S. The number of aromatic nitrogens is 2. The van der Waals surface area contributed by atoms with Gasteiger partial charge in [0.1, 0.15) is 24.0 Å². The molecule has 1 aromatic carbocycles. The van der Waals surface area contributed by atoms with Crippen molar-refractivity contribution >= 4 is 27.7 Å². The standard InChI is InChI=1S/C34H46N4O7S/c1-34(2,3)46(43,44)21-25(17-23-11-6-4-7-12-23)32(41)38-28(19-26-20-35-22-36-26)33(42)37-27(18-24-13-8-5-9-14-24)30(39)31(40)29-15-10-16-45-29/h4,6-7,10-12,15-17,20,22,24,27-28,30-31,39-40H,5,8-9,13-14,18-19,21H2,1-3H3,(H,35,36)(H,37,42)(H,38,41)/t27-,28-,30+,31+/m0/s1. The third kappa shape index (κ3) is 9.63. The molecule has 0 radical (unpaired) electrons. The summed E-state index contributed by atoms with van der Waals surface area (Å²) in [5.74, 6) is -1.42. The number of H-pyrrole nitrogens is 1. The number of carbonyl (C=O) groups is 2. The lowest BCUT2D eigenvalue weighted by Gasteiger charge is -2.33. The van der Waals surface area contributed by atoms with E-state index in [0.29, 0.717) is 17.7 Å². The average Bonchev–Trinajstić information content (AvgIpc) is 3.75. The first-order chi connectivity index (χ1) is 21.8. The SMILES string of the molecule is CC(C)(C)S(=O)(=O)CC(=Cc1ccccc1)C(=O)N[C@@H](Cc1cnc[nH]1)C(=O)N[C@@H](CC1CCCCC1)[C@@H](O)[C@H](O)c1ccco1. The normalized spacial score (nSPS) is 17.5. The van der Waals surface area contributed by atoms with Gasteiger partial charge in [-0.15, -0.1) is 0 Å². The first-order valence-electron chi connectivity index (χ1n) is 15.8. The van der Waals surface area contributed by atoms with Crippen LogP contribution in [-0.2, 0) is 25.8 Å². The summed E-state index contributed by atoms with van der Waals surface area (Å²) in [6.07, 6.45) is 8.71. The van der Waals surface area contributed by atoms with Gasteiger partial charge in [0.05, 0.1) is 29.1 Å². The van der Waals surface area contributed by atoms with Gasteiger partial charge in [0.15, 0.2) is 9.84 Å². The largest absolute Gasteiger partial charge is 0.466 e. The summed E-state index contributed by atoms with van der Waals surface area (Å²) in [5, 5.41) is 27.9. The van der Waals surface area contributed by atoms with Gasteiger partial charge < -0.3 is 30.2 Å². The Bertz CT molecular complexity index is 1530. The molecule has 250 valence electrons. The maximum absolute atomic E-state index is 14.0. The third-order valence-electron chi connectivity index (χ3n) is 8.52. The molecule has 1 fully saturated rings. The first-order valence-corrected chi connectivity index (χ1v) is 17.4. The number of sulfone groups is 1. The highest BCUT2D eigenvalue weighted by Gasteiger charge is 2.36. The van der Waals surface area contributed by atoms with Crippen molar-refractivity contribution in [2.45, 2.75) is 94.8 Å². The van der Waals surface area contributed by atoms with Gasteiger partial charge in [0, 0.05) is 23.9 Å². The molecule has 2 aromatic heterocycles. The number of aromatic amines is 1. The van der Waals surface area contributed by atoms with Crippen molar-refractivity contribution in [3.05, 3.63) is 83.8 Å². The van der Waals surface area contributed by atoms with Gasteiger partial charge in [-0.05, 0) is 56.9 Å². The molecule has 0 aliphatic heterocycles. The Balaban J connectivity index is 1.62. The lowest BCUT2D eigenvalue weighted by molar-refractivity contribution is -0.129. The fourth-order valence-electron chi connectivity index (χ4n) is 5.62. The van der Waals surface area contributed by atoms with E-state index in [4.69, 9.17) is 4.42 Å². The number of amides is 2. The molecule has 46 heavy (non-hydrogen) atoms. The predicted molar refractivity (Wildman–Crippen MR) is 175 cm³/mol. The Morgan fingerprint density at radius 1 is 1.07 bits per heavy atom. The Labute approximate surface area is 270 Å². The number of carbonyl (C=O) groups excluding carboxylic acids is 2. The second kappa shape index (κ2) is 15.7. The summed E-state index contributed by atoms with van der Waals surface area (Å²) < 4.78 is 30.7. The highest BCUT2D eigenvalue weighted by Crippen LogP contribution is 2.30. The second-order valence-electron chi connectivity index (χ2n) is 13.1. The molecule has 2 heterocycles. The summed E-state index contributed by atoms with van der Waals surface area (Å²) in [5.41, 5.74) is 1.18. The van der Waals surface area contributed by atoms with Crippen LogP contribution < -0.4 is 10.6 Å². The molecule has 0 bridgehead atoms. The van der Waals surface area contributed by atoms with Crippen molar-refractivity contribution in [2.75, 3.05) is 5.75 Å². The van der Waals surface area contributed by atoms with E-state index in [1.165, 1.54) is 24.9 Å². The zero-order valence-electron chi connectivity index (χ0n) is 26.7. The number of nitrogens with one attached hydrogen (secondary N) is 3. The second-order valence-corrected chi connectivity index (χ2v) is 15.8. The highest BCUT2D eigenvalue weighted by molar-refractivity contribution is 7.92. The summed E-state index contributed by atoms with van der Waals surface area (Å²) in [6.45, 7) is 4.72. The lowest BCUT2D eigenvalue weighted by Crippen LogP contribution is -2.55. The van der Waals surface area contributed by atoms with Crippen molar-refractivity contribution in [3.8, 4) is 0 Å². The molecule has 3 aromatic rings. The average molecular weight is 655 g/mol. The number of benzene rings is 1. The van der Waals surface area contributed by atoms with Crippen LogP contribution in [0.2, 0.25) is 0 Å². The highest BCUT2D eigenvalue weighted by atomic mass is 32.2. The van der Waals surface area contributed by atoms with Gasteiger partial charge >= 0.3 is 0 Å². The van der Waals surface area contributed by atoms with Crippen LogP contribution in [0.1, 0.15) is 82.4 Å². The molecule has 1 aliphatic rings. The van der Waals surface area contributed by atoms with Crippen molar-refractivity contribution in [1.82, 2.24) is 20.6 Å². The smallest absolute Gasteiger partial charge is 0.248 e. The molecule has 0 spiro atoms. The van der Waals surface area contributed by atoms with Gasteiger partial charge in [-0.2, -0.15) is 0 Å². The minimum Gasteiger partial charge on any atom is -0.466 e. The van der Waals surface area contributed by atoms with Crippen LogP contribution in [0.25, 0.3) is 6.08 Å². The molecule has 0 unspecified atom stereocenters. The van der Waals surface area contributed by atoms with Crippen LogP contribution in [0.5, 0.6) is 0 Å². The zero-order chi connectivity index (χ0) is 33.3. The number of hydrogen-bond donors (Lipinski definition) is 5. The number of aliphatic hydroxyl groups excluding tert-OH is 2. The zero-order valence-corrected chi connectivity index (χ0v) is 27.5. The van der Waals surface area contributed by atoms with Gasteiger partial charge in [0.25, 0.3) is 0 Å².